The maximum atomic E-state index is 12.9. The summed E-state index contributed by atoms with van der Waals surface area (Å²) in [5, 5.41) is 0. The number of rotatable bonds is 58. The number of unbranched alkanes of at least 4 members (excludes halogenated alkanes) is 45. The van der Waals surface area contributed by atoms with Crippen LogP contribution in [0.1, 0.15) is 355 Å². The fourth-order valence-electron chi connectivity index (χ4n) is 9.56. The number of hydrogen-bond acceptors (Lipinski definition) is 6. The normalized spacial score (nSPS) is 12.0. The smallest absolute Gasteiger partial charge is 0.306 e. The van der Waals surface area contributed by atoms with Crippen LogP contribution in [-0.4, -0.2) is 37.2 Å². The zero-order valence-corrected chi connectivity index (χ0v) is 46.9. The second-order valence-electron chi connectivity index (χ2n) is 21.3. The average molecular weight is 974 g/mol. The SMILES string of the molecule is CCCCCCCC/C=C\CCCCCCCC(=O)OC(COC(=O)CCCCCCCCCCCCCCCCCCC)COC(=O)CCCCCCCCCCCCCCCCCCCCC. The molecular weight excluding hydrogens is 853 g/mol. The van der Waals surface area contributed by atoms with Crippen LogP contribution in [0.5, 0.6) is 0 Å². The van der Waals surface area contributed by atoms with Crippen LogP contribution in [0.25, 0.3) is 0 Å². The summed E-state index contributed by atoms with van der Waals surface area (Å²) < 4.78 is 16.9. The Labute approximate surface area is 431 Å². The third kappa shape index (κ3) is 56.9. The molecule has 0 aliphatic heterocycles. The molecule has 69 heavy (non-hydrogen) atoms. The predicted molar refractivity (Wildman–Crippen MR) is 298 cm³/mol. The molecule has 1 unspecified atom stereocenters. The van der Waals surface area contributed by atoms with Gasteiger partial charge in [-0.05, 0) is 44.9 Å². The van der Waals surface area contributed by atoms with Gasteiger partial charge in [0.15, 0.2) is 6.10 Å². The molecule has 0 bridgehead atoms. The number of hydrogen-bond donors (Lipinski definition) is 0. The largest absolute Gasteiger partial charge is 0.462 e. The molecule has 0 radical (unpaired) electrons. The van der Waals surface area contributed by atoms with Crippen molar-refractivity contribution < 1.29 is 28.6 Å². The van der Waals surface area contributed by atoms with Crippen LogP contribution in [0, 0.1) is 0 Å². The Kier molecular flexibility index (Phi) is 57.1. The first kappa shape index (κ1) is 67.1. The van der Waals surface area contributed by atoms with E-state index in [4.69, 9.17) is 14.2 Å². The highest BCUT2D eigenvalue weighted by Gasteiger charge is 2.19. The van der Waals surface area contributed by atoms with Crippen LogP contribution in [0.2, 0.25) is 0 Å². The van der Waals surface area contributed by atoms with Gasteiger partial charge in [-0.3, -0.25) is 14.4 Å². The highest BCUT2D eigenvalue weighted by molar-refractivity contribution is 5.71. The van der Waals surface area contributed by atoms with Crippen LogP contribution in [0.15, 0.2) is 12.2 Å². The monoisotopic (exact) mass is 973 g/mol. The Morgan fingerprint density at radius 2 is 0.478 bits per heavy atom. The molecule has 0 amide bonds. The van der Waals surface area contributed by atoms with Gasteiger partial charge in [0.05, 0.1) is 0 Å². The van der Waals surface area contributed by atoms with Crippen LogP contribution in [0.4, 0.5) is 0 Å². The number of ether oxygens (including phenoxy) is 3. The highest BCUT2D eigenvalue weighted by atomic mass is 16.6. The minimum absolute atomic E-state index is 0.0670. The van der Waals surface area contributed by atoms with Crippen molar-refractivity contribution in [2.24, 2.45) is 0 Å². The second kappa shape index (κ2) is 58.7. The van der Waals surface area contributed by atoms with Crippen molar-refractivity contribution in [3.8, 4) is 0 Å². The van der Waals surface area contributed by atoms with Gasteiger partial charge in [-0.15, -0.1) is 0 Å². The molecule has 0 aromatic rings. The summed E-state index contributed by atoms with van der Waals surface area (Å²) >= 11 is 0. The van der Waals surface area contributed by atoms with Gasteiger partial charge in [-0.25, -0.2) is 0 Å². The quantitative estimate of drug-likeness (QED) is 0.0261. The molecule has 0 aliphatic carbocycles. The predicted octanol–water partition coefficient (Wildman–Crippen LogP) is 20.9. The molecule has 1 atom stereocenters. The van der Waals surface area contributed by atoms with Gasteiger partial charge in [0, 0.05) is 19.3 Å². The molecule has 6 heteroatoms. The molecule has 0 spiro atoms. The number of carbonyl (C=O) groups is 3. The topological polar surface area (TPSA) is 78.9 Å². The molecule has 0 saturated carbocycles. The van der Waals surface area contributed by atoms with Crippen molar-refractivity contribution in [3.63, 3.8) is 0 Å². The van der Waals surface area contributed by atoms with Crippen LogP contribution >= 0.6 is 0 Å². The first-order valence-electron chi connectivity index (χ1n) is 31.2. The molecular formula is C63H120O6. The standard InChI is InChI=1S/C63H120O6/c1-4-7-10-13-16-19-22-25-28-30-31-33-36-38-41-44-47-50-53-56-62(65)68-59-60(69-63(66)57-54-51-48-45-42-39-34-27-24-21-18-15-12-9-6-3)58-67-61(64)55-52-49-46-43-40-37-35-32-29-26-23-20-17-14-11-8-5-2/h27,34,60H,4-26,28-33,35-59H2,1-3H3/b34-27-. The number of allylic oxidation sites excluding steroid dienone is 2. The molecule has 0 heterocycles. The van der Waals surface area contributed by atoms with Crippen molar-refractivity contribution in [1.82, 2.24) is 0 Å². The minimum Gasteiger partial charge on any atom is -0.462 e. The van der Waals surface area contributed by atoms with E-state index in [0.29, 0.717) is 19.3 Å². The summed E-state index contributed by atoms with van der Waals surface area (Å²) in [6.45, 7) is 6.70. The highest BCUT2D eigenvalue weighted by Crippen LogP contribution is 2.18. The molecule has 0 fully saturated rings. The van der Waals surface area contributed by atoms with Crippen LogP contribution in [0.3, 0.4) is 0 Å². The first-order valence-corrected chi connectivity index (χ1v) is 31.2. The van der Waals surface area contributed by atoms with E-state index < -0.39 is 6.10 Å². The summed E-state index contributed by atoms with van der Waals surface area (Å²) in [4.78, 5) is 38.2. The Morgan fingerprint density at radius 3 is 0.725 bits per heavy atom. The minimum atomic E-state index is -0.769. The van der Waals surface area contributed by atoms with Gasteiger partial charge in [0.1, 0.15) is 13.2 Å². The summed E-state index contributed by atoms with van der Waals surface area (Å²) in [6.07, 6.45) is 67.8. The fourth-order valence-corrected chi connectivity index (χ4v) is 9.56. The van der Waals surface area contributed by atoms with E-state index in [9.17, 15) is 14.4 Å². The Morgan fingerprint density at radius 1 is 0.275 bits per heavy atom. The summed E-state index contributed by atoms with van der Waals surface area (Å²) in [5.41, 5.74) is 0. The Bertz CT molecular complexity index is 1070. The van der Waals surface area contributed by atoms with Crippen LogP contribution < -0.4 is 0 Å². The second-order valence-corrected chi connectivity index (χ2v) is 21.3. The van der Waals surface area contributed by atoms with Gasteiger partial charge >= 0.3 is 17.9 Å². The molecule has 0 aromatic heterocycles. The van der Waals surface area contributed by atoms with E-state index in [0.717, 1.165) is 64.2 Å². The van der Waals surface area contributed by atoms with E-state index in [1.807, 2.05) is 0 Å². The summed E-state index contributed by atoms with van der Waals surface area (Å²) in [5.74, 6) is -0.846. The van der Waals surface area contributed by atoms with Gasteiger partial charge in [0.2, 0.25) is 0 Å². The lowest BCUT2D eigenvalue weighted by molar-refractivity contribution is -0.167. The van der Waals surface area contributed by atoms with E-state index in [-0.39, 0.29) is 31.1 Å². The Hall–Kier alpha value is -1.85. The number of esters is 3. The maximum absolute atomic E-state index is 12.9. The van der Waals surface area contributed by atoms with Crippen LogP contribution in [-0.2, 0) is 28.6 Å². The average Bonchev–Trinajstić information content (AvgIpc) is 3.35. The van der Waals surface area contributed by atoms with Crippen molar-refractivity contribution >= 4 is 17.9 Å². The van der Waals surface area contributed by atoms with E-state index in [1.165, 1.54) is 250 Å². The molecule has 408 valence electrons. The molecule has 0 aromatic carbocycles. The third-order valence-corrected chi connectivity index (χ3v) is 14.3. The lowest BCUT2D eigenvalue weighted by Crippen LogP contribution is -2.30. The van der Waals surface area contributed by atoms with Crippen molar-refractivity contribution in [2.75, 3.05) is 13.2 Å². The van der Waals surface area contributed by atoms with Gasteiger partial charge in [-0.2, -0.15) is 0 Å². The lowest BCUT2D eigenvalue weighted by Gasteiger charge is -2.18. The third-order valence-electron chi connectivity index (χ3n) is 14.3. The number of carbonyl (C=O) groups excluding carboxylic acids is 3. The van der Waals surface area contributed by atoms with E-state index in [2.05, 4.69) is 32.9 Å². The van der Waals surface area contributed by atoms with E-state index in [1.54, 1.807) is 0 Å². The van der Waals surface area contributed by atoms with Gasteiger partial charge in [0.25, 0.3) is 0 Å². The Balaban J connectivity index is 4.29. The van der Waals surface area contributed by atoms with Crippen molar-refractivity contribution in [1.29, 1.82) is 0 Å². The fraction of sp³-hybridized carbons (Fsp3) is 0.921. The van der Waals surface area contributed by atoms with Crippen molar-refractivity contribution in [3.05, 3.63) is 12.2 Å². The van der Waals surface area contributed by atoms with E-state index >= 15 is 0 Å². The summed E-state index contributed by atoms with van der Waals surface area (Å²) in [6, 6.07) is 0. The molecule has 6 nitrogen and oxygen atoms in total. The lowest BCUT2D eigenvalue weighted by atomic mass is 10.0. The van der Waals surface area contributed by atoms with Gasteiger partial charge in [-0.1, -0.05) is 303 Å². The van der Waals surface area contributed by atoms with Gasteiger partial charge < -0.3 is 14.2 Å². The molecule has 0 aliphatic rings. The molecule has 0 saturated heterocycles. The molecule has 0 N–H and O–H groups in total. The van der Waals surface area contributed by atoms with Crippen molar-refractivity contribution in [2.45, 2.75) is 361 Å². The molecule has 0 rings (SSSR count). The zero-order valence-electron chi connectivity index (χ0n) is 46.9. The summed E-state index contributed by atoms with van der Waals surface area (Å²) in [7, 11) is 0. The first-order chi connectivity index (χ1) is 34.0. The zero-order chi connectivity index (χ0) is 50.0. The maximum Gasteiger partial charge on any atom is 0.306 e.